The van der Waals surface area contributed by atoms with Crippen LogP contribution in [-0.4, -0.2) is 67.1 Å². The predicted octanol–water partition coefficient (Wildman–Crippen LogP) is -1.05. The van der Waals surface area contributed by atoms with Crippen LogP contribution in [0.5, 0.6) is 0 Å². The van der Waals surface area contributed by atoms with Crippen LogP contribution in [0.1, 0.15) is 20.1 Å². The number of nitrogens with one attached hydrogen (secondary N) is 2. The molecule has 0 aliphatic heterocycles. The Morgan fingerprint density at radius 2 is 2.16 bits per heavy atom. The van der Waals surface area contributed by atoms with Crippen molar-refractivity contribution in [3.63, 3.8) is 0 Å². The largest absolute Gasteiger partial charge is 0.394 e. The zero-order valence-corrected chi connectivity index (χ0v) is 13.8. The van der Waals surface area contributed by atoms with E-state index in [1.165, 1.54) is 7.11 Å². The fourth-order valence-corrected chi connectivity index (χ4v) is 1.97. The summed E-state index contributed by atoms with van der Waals surface area (Å²) in [6, 6.07) is 0. The number of nitrogens with zero attached hydrogens (tertiary/aromatic N) is 4. The van der Waals surface area contributed by atoms with Crippen molar-refractivity contribution >= 4 is 23.0 Å². The normalized spacial score (nSPS) is 15.3. The molecule has 1 amide bonds. The molecule has 0 aliphatic rings. The van der Waals surface area contributed by atoms with Crippen molar-refractivity contribution in [2.45, 2.75) is 32.4 Å². The quantitative estimate of drug-likeness (QED) is 0.488. The van der Waals surface area contributed by atoms with E-state index in [0.717, 1.165) is 0 Å². The predicted molar refractivity (Wildman–Crippen MR) is 83.4 cm³/mol. The number of aliphatic hydroxyl groups is 2. The lowest BCUT2D eigenvalue weighted by Crippen LogP contribution is -2.36. The molecule has 4 N–H and O–H groups in total. The van der Waals surface area contributed by atoms with Crippen molar-refractivity contribution in [3.05, 3.63) is 10.4 Å². The number of hydrogen-bond donors (Lipinski definition) is 4. The summed E-state index contributed by atoms with van der Waals surface area (Å²) in [6.07, 6.45) is -5.28. The molecule has 2 heterocycles. The molecule has 0 spiro atoms. The monoisotopic (exact) mass is 358 g/mol. The van der Waals surface area contributed by atoms with Gasteiger partial charge >= 0.3 is 0 Å². The maximum Gasteiger partial charge on any atom is 0.282 e. The van der Waals surface area contributed by atoms with Gasteiger partial charge in [-0.25, -0.2) is 4.39 Å². The van der Waals surface area contributed by atoms with E-state index < -0.39 is 36.6 Å². The molecule has 0 aliphatic carbocycles. The Labute approximate surface area is 140 Å². The number of amides is 1. The topological polar surface area (TPSA) is 155 Å². The first-order chi connectivity index (χ1) is 11.8. The number of rotatable bonds is 7. The van der Waals surface area contributed by atoms with Crippen LogP contribution in [0.3, 0.4) is 0 Å². The van der Waals surface area contributed by atoms with Crippen LogP contribution in [-0.2, 0) is 9.53 Å². The van der Waals surface area contributed by atoms with Crippen LogP contribution in [0, 0.1) is 5.92 Å². The minimum atomic E-state index is -2.06. The molecule has 0 saturated heterocycles. The number of aromatic amines is 1. The van der Waals surface area contributed by atoms with Crippen molar-refractivity contribution in [2.75, 3.05) is 19.0 Å². The molecule has 0 fully saturated rings. The highest BCUT2D eigenvalue weighted by Gasteiger charge is 2.32. The van der Waals surface area contributed by atoms with Crippen molar-refractivity contribution in [3.8, 4) is 0 Å². The van der Waals surface area contributed by atoms with Crippen molar-refractivity contribution in [2.24, 2.45) is 5.92 Å². The third-order valence-electron chi connectivity index (χ3n) is 3.47. The lowest BCUT2D eigenvalue weighted by Gasteiger charge is -2.22. The van der Waals surface area contributed by atoms with Crippen LogP contribution in [0.2, 0.25) is 0 Å². The summed E-state index contributed by atoms with van der Waals surface area (Å²) in [5.74, 6) is -0.949. The minimum Gasteiger partial charge on any atom is -0.394 e. The van der Waals surface area contributed by atoms with Crippen molar-refractivity contribution < 1.29 is 24.1 Å². The molecule has 2 aromatic rings. The summed E-state index contributed by atoms with van der Waals surface area (Å²) in [5, 5.41) is 28.6. The molecule has 0 saturated carbocycles. The van der Waals surface area contributed by atoms with Crippen LogP contribution in [0.4, 0.5) is 10.3 Å². The molecular weight excluding hydrogens is 339 g/mol. The fraction of sp³-hybridized carbons (Fsp3) is 0.615. The highest BCUT2D eigenvalue weighted by atomic mass is 19.1. The van der Waals surface area contributed by atoms with Crippen LogP contribution in [0.25, 0.3) is 11.2 Å². The summed E-state index contributed by atoms with van der Waals surface area (Å²) in [4.78, 5) is 30.0. The summed E-state index contributed by atoms with van der Waals surface area (Å²) in [5.41, 5.74) is -1.19. The SMILES string of the molecule is CO[C@H](CO)[C@@H](F)[C@@H](O)n1nnc2c(=O)[nH]c(NC(=O)C(C)C)nc21. The highest BCUT2D eigenvalue weighted by molar-refractivity contribution is 5.90. The van der Waals surface area contributed by atoms with Gasteiger partial charge in [0.2, 0.25) is 11.9 Å². The molecule has 0 unspecified atom stereocenters. The fourth-order valence-electron chi connectivity index (χ4n) is 1.97. The number of halogens is 1. The van der Waals surface area contributed by atoms with E-state index in [2.05, 4.69) is 25.6 Å². The number of carbonyl (C=O) groups is 1. The van der Waals surface area contributed by atoms with Gasteiger partial charge in [-0.1, -0.05) is 19.1 Å². The van der Waals surface area contributed by atoms with Gasteiger partial charge in [-0.05, 0) is 0 Å². The van der Waals surface area contributed by atoms with E-state index >= 15 is 0 Å². The molecule has 12 heteroatoms. The molecule has 25 heavy (non-hydrogen) atoms. The van der Waals surface area contributed by atoms with Crippen LogP contribution < -0.4 is 10.9 Å². The summed E-state index contributed by atoms with van der Waals surface area (Å²) in [6.45, 7) is 2.62. The third kappa shape index (κ3) is 3.81. The summed E-state index contributed by atoms with van der Waals surface area (Å²) < 4.78 is 19.7. The Kier molecular flexibility index (Phi) is 5.77. The van der Waals surface area contributed by atoms with Gasteiger partial charge in [0.05, 0.1) is 6.61 Å². The Bertz CT molecular complexity index is 802. The zero-order chi connectivity index (χ0) is 18.7. The first kappa shape index (κ1) is 18.9. The number of H-pyrrole nitrogens is 1. The second kappa shape index (κ2) is 7.63. The first-order valence-corrected chi connectivity index (χ1v) is 7.42. The number of alkyl halides is 1. The second-order valence-electron chi connectivity index (χ2n) is 5.58. The van der Waals surface area contributed by atoms with E-state index in [0.29, 0.717) is 4.68 Å². The molecule has 2 aromatic heterocycles. The standard InChI is InChI=1S/C13H19FN6O5/c1-5(2)10(22)16-13-15-9-8(11(23)17-13)18-19-20(9)12(24)7(14)6(4-21)25-3/h5-7,12,21,24H,4H2,1-3H3,(H2,15,16,17,22,23)/t6-,7-,12-/m1/s1. The van der Waals surface area contributed by atoms with Gasteiger partial charge in [-0.15, -0.1) is 5.10 Å². The summed E-state index contributed by atoms with van der Waals surface area (Å²) in [7, 11) is 1.17. The molecule has 138 valence electrons. The van der Waals surface area contributed by atoms with Gasteiger partial charge in [0.25, 0.3) is 5.56 Å². The second-order valence-corrected chi connectivity index (χ2v) is 5.58. The van der Waals surface area contributed by atoms with Crippen LogP contribution >= 0.6 is 0 Å². The van der Waals surface area contributed by atoms with Gasteiger partial charge in [0.1, 0.15) is 6.10 Å². The Morgan fingerprint density at radius 3 is 2.72 bits per heavy atom. The molecule has 0 bridgehead atoms. The number of methoxy groups -OCH3 is 1. The average molecular weight is 358 g/mol. The number of fused-ring (bicyclic) bond motifs is 1. The van der Waals surface area contributed by atoms with Crippen LogP contribution in [0.15, 0.2) is 4.79 Å². The molecule has 0 radical (unpaired) electrons. The highest BCUT2D eigenvalue weighted by Crippen LogP contribution is 2.19. The molecular formula is C13H19FN6O5. The lowest BCUT2D eigenvalue weighted by molar-refractivity contribution is -0.118. The lowest BCUT2D eigenvalue weighted by atomic mass is 10.2. The van der Waals surface area contributed by atoms with E-state index in [4.69, 9.17) is 9.84 Å². The van der Waals surface area contributed by atoms with E-state index in [-0.39, 0.29) is 23.0 Å². The number of aliphatic hydroxyl groups excluding tert-OH is 2. The molecule has 11 nitrogen and oxygen atoms in total. The van der Waals surface area contributed by atoms with Gasteiger partial charge < -0.3 is 14.9 Å². The smallest absolute Gasteiger partial charge is 0.282 e. The van der Waals surface area contributed by atoms with E-state index in [9.17, 15) is 19.1 Å². The Morgan fingerprint density at radius 1 is 1.48 bits per heavy atom. The number of hydrogen-bond acceptors (Lipinski definition) is 8. The third-order valence-corrected chi connectivity index (χ3v) is 3.47. The van der Waals surface area contributed by atoms with Gasteiger partial charge in [0.15, 0.2) is 23.6 Å². The summed E-state index contributed by atoms with van der Waals surface area (Å²) >= 11 is 0. The number of anilines is 1. The number of aromatic nitrogens is 5. The zero-order valence-electron chi connectivity index (χ0n) is 13.8. The first-order valence-electron chi connectivity index (χ1n) is 7.42. The molecule has 3 atom stereocenters. The Balaban J connectivity index is 2.43. The molecule has 0 aromatic carbocycles. The number of carbonyl (C=O) groups excluding carboxylic acids is 1. The maximum atomic E-state index is 14.3. The average Bonchev–Trinajstić information content (AvgIpc) is 2.99. The van der Waals surface area contributed by atoms with Gasteiger partial charge in [-0.3, -0.25) is 19.9 Å². The van der Waals surface area contributed by atoms with Crippen molar-refractivity contribution in [1.82, 2.24) is 25.0 Å². The number of ether oxygens (including phenoxy) is 1. The van der Waals surface area contributed by atoms with Crippen molar-refractivity contribution in [1.29, 1.82) is 0 Å². The maximum absolute atomic E-state index is 14.3. The van der Waals surface area contributed by atoms with E-state index in [1.54, 1.807) is 13.8 Å². The van der Waals surface area contributed by atoms with Gasteiger partial charge in [0, 0.05) is 13.0 Å². The molecule has 2 rings (SSSR count). The van der Waals surface area contributed by atoms with Gasteiger partial charge in [-0.2, -0.15) is 9.67 Å². The minimum absolute atomic E-state index is 0.187. The van der Waals surface area contributed by atoms with E-state index in [1.807, 2.05) is 0 Å². The Hall–Kier alpha value is -2.44.